The number of aromatic carboxylic acids is 1. The van der Waals surface area contributed by atoms with Crippen molar-refractivity contribution < 1.29 is 9.90 Å². The quantitative estimate of drug-likeness (QED) is 0.671. The molecule has 0 spiro atoms. The Morgan fingerprint density at radius 2 is 2.11 bits per heavy atom. The number of carboxylic acid groups (broad SMARTS) is 1. The molecule has 6 nitrogen and oxygen atoms in total. The number of aromatic nitrogens is 3. The molecule has 1 aromatic carbocycles. The van der Waals surface area contributed by atoms with E-state index >= 15 is 0 Å². The number of fused-ring (bicyclic) bond motifs is 2. The second-order valence-corrected chi connectivity index (χ2v) is 4.01. The number of rotatable bonds is 1. The van der Waals surface area contributed by atoms with Crippen LogP contribution in [0.2, 0.25) is 0 Å². The molecule has 0 aliphatic rings. The van der Waals surface area contributed by atoms with Crippen LogP contribution < -0.4 is 5.56 Å². The van der Waals surface area contributed by atoms with Gasteiger partial charge in [0.2, 0.25) is 0 Å². The minimum atomic E-state index is -1.11. The van der Waals surface area contributed by atoms with E-state index in [-0.39, 0.29) is 11.3 Å². The van der Waals surface area contributed by atoms with Gasteiger partial charge in [0.25, 0.3) is 5.56 Å². The number of carboxylic acids is 1. The van der Waals surface area contributed by atoms with Crippen LogP contribution in [0.4, 0.5) is 0 Å². The van der Waals surface area contributed by atoms with Crippen LogP contribution in [0.1, 0.15) is 16.1 Å². The fourth-order valence-electron chi connectivity index (χ4n) is 2.00. The molecule has 0 aliphatic carbocycles. The topological polar surface area (TPSA) is 87.5 Å². The Balaban J connectivity index is 2.57. The number of nitrogens with one attached hydrogen (secondary N) is 1. The van der Waals surface area contributed by atoms with Gasteiger partial charge in [0.05, 0.1) is 10.9 Å². The van der Waals surface area contributed by atoms with Gasteiger partial charge >= 0.3 is 5.97 Å². The average molecular weight is 243 g/mol. The molecular weight excluding hydrogens is 234 g/mol. The first kappa shape index (κ1) is 10.5. The highest BCUT2D eigenvalue weighted by molar-refractivity contribution is 5.90. The maximum absolute atomic E-state index is 12.2. The largest absolute Gasteiger partial charge is 0.477 e. The van der Waals surface area contributed by atoms with E-state index < -0.39 is 5.97 Å². The maximum Gasteiger partial charge on any atom is 0.354 e. The highest BCUT2D eigenvalue weighted by Gasteiger charge is 2.16. The number of hydrogen-bond acceptors (Lipinski definition) is 3. The van der Waals surface area contributed by atoms with Gasteiger partial charge in [-0.25, -0.2) is 14.3 Å². The number of carbonyl (C=O) groups is 1. The molecule has 2 aromatic heterocycles. The summed E-state index contributed by atoms with van der Waals surface area (Å²) in [5.74, 6) is -1.11. The average Bonchev–Trinajstić information content (AvgIpc) is 2.68. The molecule has 0 bridgehead atoms. The zero-order valence-corrected chi connectivity index (χ0v) is 9.47. The molecular formula is C12H9N3O3. The number of hydrogen-bond donors (Lipinski definition) is 2. The van der Waals surface area contributed by atoms with E-state index in [4.69, 9.17) is 5.11 Å². The predicted molar refractivity (Wildman–Crippen MR) is 65.0 cm³/mol. The smallest absolute Gasteiger partial charge is 0.354 e. The van der Waals surface area contributed by atoms with Gasteiger partial charge in [-0.1, -0.05) is 12.1 Å². The standard InChI is InChI=1S/C12H9N3O3/c1-6-9(12(17)18)14-15-10(6)13-8-5-3-2-4-7(8)11(15)16/h2-5,14H,1H3,(H,17,18). The summed E-state index contributed by atoms with van der Waals surface area (Å²) in [6.45, 7) is 1.62. The summed E-state index contributed by atoms with van der Waals surface area (Å²) in [5, 5.41) is 12.0. The van der Waals surface area contributed by atoms with E-state index in [1.54, 1.807) is 31.2 Å². The van der Waals surface area contributed by atoms with Gasteiger partial charge in [0.15, 0.2) is 5.65 Å². The molecule has 0 amide bonds. The van der Waals surface area contributed by atoms with Crippen molar-refractivity contribution in [1.82, 2.24) is 14.6 Å². The maximum atomic E-state index is 12.2. The van der Waals surface area contributed by atoms with Crippen molar-refractivity contribution in [2.45, 2.75) is 6.92 Å². The Labute approximate surface area is 100 Å². The number of aryl methyl sites for hydroxylation is 1. The van der Waals surface area contributed by atoms with Crippen molar-refractivity contribution in [3.63, 3.8) is 0 Å². The van der Waals surface area contributed by atoms with Gasteiger partial charge in [-0.15, -0.1) is 0 Å². The Morgan fingerprint density at radius 3 is 2.83 bits per heavy atom. The van der Waals surface area contributed by atoms with Crippen LogP contribution in [0.15, 0.2) is 29.1 Å². The lowest BCUT2D eigenvalue weighted by molar-refractivity contribution is 0.0689. The Morgan fingerprint density at radius 1 is 1.39 bits per heavy atom. The van der Waals surface area contributed by atoms with E-state index in [1.807, 2.05) is 0 Å². The van der Waals surface area contributed by atoms with E-state index in [0.29, 0.717) is 22.1 Å². The number of nitrogens with zero attached hydrogens (tertiary/aromatic N) is 2. The van der Waals surface area contributed by atoms with Crippen LogP contribution in [0.25, 0.3) is 16.6 Å². The molecule has 90 valence electrons. The van der Waals surface area contributed by atoms with Gasteiger partial charge < -0.3 is 5.11 Å². The number of para-hydroxylation sites is 1. The van der Waals surface area contributed by atoms with Gasteiger partial charge in [-0.05, 0) is 19.1 Å². The monoisotopic (exact) mass is 243 g/mol. The number of aromatic amines is 1. The third kappa shape index (κ3) is 1.26. The molecule has 0 saturated carbocycles. The third-order valence-corrected chi connectivity index (χ3v) is 2.92. The summed E-state index contributed by atoms with van der Waals surface area (Å²) in [7, 11) is 0. The van der Waals surface area contributed by atoms with Gasteiger partial charge in [-0.2, -0.15) is 0 Å². The highest BCUT2D eigenvalue weighted by atomic mass is 16.4. The third-order valence-electron chi connectivity index (χ3n) is 2.92. The van der Waals surface area contributed by atoms with E-state index in [0.717, 1.165) is 0 Å². The van der Waals surface area contributed by atoms with Crippen molar-refractivity contribution in [3.8, 4) is 0 Å². The molecule has 0 atom stereocenters. The van der Waals surface area contributed by atoms with Gasteiger partial charge in [0.1, 0.15) is 5.69 Å². The van der Waals surface area contributed by atoms with Crippen LogP contribution in [-0.2, 0) is 0 Å². The van der Waals surface area contributed by atoms with Gasteiger partial charge in [0, 0.05) is 5.56 Å². The number of H-pyrrole nitrogens is 1. The second-order valence-electron chi connectivity index (χ2n) is 4.01. The first-order valence-electron chi connectivity index (χ1n) is 5.33. The Hall–Kier alpha value is -2.63. The molecule has 0 radical (unpaired) electrons. The normalized spacial score (nSPS) is 11.2. The predicted octanol–water partition coefficient (Wildman–Crippen LogP) is 1.18. The summed E-state index contributed by atoms with van der Waals surface area (Å²) in [6.07, 6.45) is 0. The summed E-state index contributed by atoms with van der Waals surface area (Å²) >= 11 is 0. The lowest BCUT2D eigenvalue weighted by Crippen LogP contribution is -2.15. The highest BCUT2D eigenvalue weighted by Crippen LogP contribution is 2.14. The van der Waals surface area contributed by atoms with Crippen LogP contribution in [0, 0.1) is 6.92 Å². The van der Waals surface area contributed by atoms with Crippen molar-refractivity contribution in [1.29, 1.82) is 0 Å². The molecule has 2 N–H and O–H groups in total. The molecule has 6 heteroatoms. The molecule has 2 heterocycles. The molecule has 0 saturated heterocycles. The van der Waals surface area contributed by atoms with E-state index in [2.05, 4.69) is 10.1 Å². The fourth-order valence-corrected chi connectivity index (χ4v) is 2.00. The van der Waals surface area contributed by atoms with Crippen LogP contribution in [-0.4, -0.2) is 25.7 Å². The van der Waals surface area contributed by atoms with Crippen molar-refractivity contribution >= 4 is 22.5 Å². The second kappa shape index (κ2) is 3.43. The Bertz CT molecular complexity index is 845. The minimum absolute atomic E-state index is 0.0186. The lowest BCUT2D eigenvalue weighted by atomic mass is 10.2. The van der Waals surface area contributed by atoms with Crippen LogP contribution in [0.3, 0.4) is 0 Å². The van der Waals surface area contributed by atoms with Gasteiger partial charge in [-0.3, -0.25) is 9.89 Å². The summed E-state index contributed by atoms with van der Waals surface area (Å²) < 4.78 is 1.17. The summed E-state index contributed by atoms with van der Waals surface area (Å²) in [4.78, 5) is 27.5. The molecule has 3 rings (SSSR count). The molecule has 0 fully saturated rings. The zero-order valence-electron chi connectivity index (χ0n) is 9.47. The lowest BCUT2D eigenvalue weighted by Gasteiger charge is -1.97. The van der Waals surface area contributed by atoms with Crippen LogP contribution >= 0.6 is 0 Å². The first-order valence-corrected chi connectivity index (χ1v) is 5.33. The Kier molecular flexibility index (Phi) is 2.00. The first-order chi connectivity index (χ1) is 8.59. The van der Waals surface area contributed by atoms with E-state index in [1.165, 1.54) is 4.52 Å². The van der Waals surface area contributed by atoms with E-state index in [9.17, 15) is 9.59 Å². The van der Waals surface area contributed by atoms with Crippen molar-refractivity contribution in [3.05, 3.63) is 45.9 Å². The van der Waals surface area contributed by atoms with Crippen molar-refractivity contribution in [2.24, 2.45) is 0 Å². The van der Waals surface area contributed by atoms with Crippen LogP contribution in [0.5, 0.6) is 0 Å². The summed E-state index contributed by atoms with van der Waals surface area (Å²) in [5.41, 5.74) is 1.03. The molecule has 18 heavy (non-hydrogen) atoms. The minimum Gasteiger partial charge on any atom is -0.477 e. The fraction of sp³-hybridized carbons (Fsp3) is 0.0833. The number of benzene rings is 1. The molecule has 0 aliphatic heterocycles. The summed E-state index contributed by atoms with van der Waals surface area (Å²) in [6, 6.07) is 6.91. The zero-order chi connectivity index (χ0) is 12.9. The van der Waals surface area contributed by atoms with Crippen molar-refractivity contribution in [2.75, 3.05) is 0 Å². The SMILES string of the molecule is Cc1c(C(=O)O)[nH]n2c(=O)c3ccccc3nc12. The molecule has 3 aromatic rings. The molecule has 0 unspecified atom stereocenters.